The zero-order chi connectivity index (χ0) is 16.4. The van der Waals surface area contributed by atoms with Gasteiger partial charge in [-0.2, -0.15) is 0 Å². The van der Waals surface area contributed by atoms with Gasteiger partial charge in [0, 0.05) is 18.1 Å². The fraction of sp³-hybridized carbons (Fsp3) is 1.00. The number of hydrogen-bond acceptors (Lipinski definition) is 1. The maximum absolute atomic E-state index is 5.66. The second-order valence-corrected chi connectivity index (χ2v) is 28.9. The van der Waals surface area contributed by atoms with Gasteiger partial charge < -0.3 is 4.41 Å². The van der Waals surface area contributed by atoms with Gasteiger partial charge in [0.05, 0.1) is 6.89 Å². The Kier molecular flexibility index (Phi) is 4.80. The second kappa shape index (κ2) is 5.03. The zero-order valence-corrected chi connectivity index (χ0v) is 19.6. The summed E-state index contributed by atoms with van der Waals surface area (Å²) in [6.45, 7) is 28.2. The highest BCUT2D eigenvalue weighted by Gasteiger charge is 2.69. The van der Waals surface area contributed by atoms with Crippen LogP contribution in [0, 0.1) is 0 Å². The predicted molar refractivity (Wildman–Crippen MR) is 104 cm³/mol. The first-order valence-corrected chi connectivity index (χ1v) is 18.3. The Bertz CT molecular complexity index is 410. The standard InChI is InChI=1S/C14H36N2P2Si2/c1-13(2,3)17-16(20(10,11)12)18(17,14(4,5)6)15-19(7,8)9/h1-12H3. The SMILES string of the molecule is CC(C)(C)P1N([Si](C)(C)C)P1(=N[Si](C)(C)C)C(C)(C)C. The fourth-order valence-electron chi connectivity index (χ4n) is 2.81. The highest BCUT2D eigenvalue weighted by molar-refractivity contribution is 8.48. The van der Waals surface area contributed by atoms with E-state index in [1.165, 1.54) is 0 Å². The van der Waals surface area contributed by atoms with Crippen LogP contribution >= 0.6 is 14.7 Å². The van der Waals surface area contributed by atoms with Crippen LogP contribution in [0.1, 0.15) is 41.5 Å². The van der Waals surface area contributed by atoms with Crippen molar-refractivity contribution < 1.29 is 0 Å². The van der Waals surface area contributed by atoms with Gasteiger partial charge in [-0.1, -0.05) is 80.8 Å². The first-order chi connectivity index (χ1) is 8.45. The van der Waals surface area contributed by atoms with Crippen molar-refractivity contribution in [2.45, 2.75) is 91.1 Å². The Morgan fingerprint density at radius 1 is 0.850 bits per heavy atom. The van der Waals surface area contributed by atoms with E-state index in [0.717, 1.165) is 0 Å². The van der Waals surface area contributed by atoms with E-state index in [9.17, 15) is 0 Å². The largest absolute Gasteiger partial charge is 0.319 e. The minimum Gasteiger partial charge on any atom is -0.319 e. The van der Waals surface area contributed by atoms with Gasteiger partial charge in [-0.05, 0) is 0 Å². The highest BCUT2D eigenvalue weighted by Crippen LogP contribution is 3.08. The molecule has 0 saturated carbocycles. The van der Waals surface area contributed by atoms with Crippen LogP contribution in [0.3, 0.4) is 0 Å². The monoisotopic (exact) mass is 350 g/mol. The lowest BCUT2D eigenvalue weighted by Gasteiger charge is -2.31. The molecule has 0 aromatic heterocycles. The van der Waals surface area contributed by atoms with Crippen molar-refractivity contribution in [3.63, 3.8) is 0 Å². The van der Waals surface area contributed by atoms with Gasteiger partial charge in [-0.25, -0.2) is 0 Å². The van der Waals surface area contributed by atoms with E-state index in [0.29, 0.717) is 10.3 Å². The molecule has 0 spiro atoms. The van der Waals surface area contributed by atoms with E-state index in [2.05, 4.69) is 84.9 Å². The molecular weight excluding hydrogens is 314 g/mol. The third-order valence-electron chi connectivity index (χ3n) is 3.22. The molecule has 1 heterocycles. The van der Waals surface area contributed by atoms with E-state index in [1.54, 1.807) is 0 Å². The maximum Gasteiger partial charge on any atom is 0.172 e. The van der Waals surface area contributed by atoms with Crippen LogP contribution in [0.25, 0.3) is 0 Å². The van der Waals surface area contributed by atoms with Gasteiger partial charge >= 0.3 is 0 Å². The lowest BCUT2D eigenvalue weighted by Crippen LogP contribution is -2.33. The van der Waals surface area contributed by atoms with E-state index in [4.69, 9.17) is 4.41 Å². The summed E-state index contributed by atoms with van der Waals surface area (Å²) in [4.78, 5) is 0. The quantitative estimate of drug-likeness (QED) is 0.297. The molecule has 3 unspecified atom stereocenters. The van der Waals surface area contributed by atoms with E-state index in [-0.39, 0.29) is 7.76 Å². The molecule has 1 saturated heterocycles. The summed E-state index contributed by atoms with van der Waals surface area (Å²) in [7, 11) is -2.78. The molecule has 3 atom stereocenters. The molecule has 0 aliphatic carbocycles. The molecule has 0 amide bonds. The molecular formula is C14H36N2P2Si2. The van der Waals surface area contributed by atoms with Crippen molar-refractivity contribution >= 4 is 31.1 Å². The van der Waals surface area contributed by atoms with Crippen LogP contribution in [0.15, 0.2) is 4.41 Å². The molecule has 0 aromatic carbocycles. The van der Waals surface area contributed by atoms with Crippen LogP contribution in [-0.4, -0.2) is 30.9 Å². The van der Waals surface area contributed by atoms with Gasteiger partial charge in [-0.3, -0.25) is 4.11 Å². The normalized spacial score (nSPS) is 32.2. The second-order valence-electron chi connectivity index (χ2n) is 9.93. The zero-order valence-electron chi connectivity index (χ0n) is 15.8. The van der Waals surface area contributed by atoms with Gasteiger partial charge in [0.25, 0.3) is 0 Å². The first-order valence-electron chi connectivity index (χ1n) is 7.69. The lowest BCUT2D eigenvalue weighted by atomic mass is 10.3. The molecule has 0 aromatic rings. The van der Waals surface area contributed by atoms with Crippen LogP contribution in [0.4, 0.5) is 0 Å². The Morgan fingerprint density at radius 3 is 1.40 bits per heavy atom. The molecule has 120 valence electrons. The van der Waals surface area contributed by atoms with Crippen molar-refractivity contribution in [2.75, 3.05) is 0 Å². The summed E-state index contributed by atoms with van der Waals surface area (Å²) in [5.41, 5.74) is 0. The van der Waals surface area contributed by atoms with Crippen LogP contribution in [-0.2, 0) is 0 Å². The average Bonchev–Trinajstić information content (AvgIpc) is 2.67. The maximum atomic E-state index is 5.66. The Hall–Kier alpha value is 1.05. The lowest BCUT2D eigenvalue weighted by molar-refractivity contribution is 0.771. The van der Waals surface area contributed by atoms with Gasteiger partial charge in [-0.15, -0.1) is 0 Å². The van der Waals surface area contributed by atoms with E-state index < -0.39 is 23.4 Å². The molecule has 1 fully saturated rings. The highest BCUT2D eigenvalue weighted by atomic mass is 32.2. The molecule has 20 heavy (non-hydrogen) atoms. The Morgan fingerprint density at radius 2 is 1.25 bits per heavy atom. The molecule has 6 heteroatoms. The minimum atomic E-state index is -1.41. The van der Waals surface area contributed by atoms with Gasteiger partial charge in [0.15, 0.2) is 8.24 Å². The van der Waals surface area contributed by atoms with Gasteiger partial charge in [0.1, 0.15) is 8.24 Å². The number of nitrogens with zero attached hydrogens (tertiary/aromatic N) is 2. The van der Waals surface area contributed by atoms with E-state index in [1.807, 2.05) is 0 Å². The molecule has 0 radical (unpaired) electrons. The average molecular weight is 351 g/mol. The van der Waals surface area contributed by atoms with Crippen molar-refractivity contribution in [1.29, 1.82) is 0 Å². The first kappa shape index (κ1) is 19.1. The molecule has 1 rings (SSSR count). The van der Waals surface area contributed by atoms with Crippen molar-refractivity contribution in [3.8, 4) is 0 Å². The van der Waals surface area contributed by atoms with Crippen LogP contribution in [0.2, 0.25) is 39.3 Å². The van der Waals surface area contributed by atoms with Crippen molar-refractivity contribution in [3.05, 3.63) is 0 Å². The summed E-state index contributed by atoms with van der Waals surface area (Å²) >= 11 is 0. The third kappa shape index (κ3) is 3.51. The summed E-state index contributed by atoms with van der Waals surface area (Å²) in [6.07, 6.45) is 0. The molecule has 1 aliphatic rings. The molecule has 1 aliphatic heterocycles. The molecule has 0 N–H and O–H groups in total. The third-order valence-corrected chi connectivity index (χ3v) is 26.0. The summed E-state index contributed by atoms with van der Waals surface area (Å²) < 4.78 is 8.65. The Balaban J connectivity index is 3.58. The van der Waals surface area contributed by atoms with Crippen molar-refractivity contribution in [2.24, 2.45) is 4.41 Å². The number of hydrogen-bond donors (Lipinski definition) is 0. The molecule has 0 bridgehead atoms. The predicted octanol–water partition coefficient (Wildman–Crippen LogP) is 7.00. The molecule has 2 nitrogen and oxygen atoms in total. The van der Waals surface area contributed by atoms with Crippen LogP contribution < -0.4 is 0 Å². The van der Waals surface area contributed by atoms with Crippen LogP contribution in [0.5, 0.6) is 0 Å². The van der Waals surface area contributed by atoms with Crippen molar-refractivity contribution in [1.82, 2.24) is 4.11 Å². The minimum absolute atomic E-state index is 0.0689. The van der Waals surface area contributed by atoms with Gasteiger partial charge in [0.2, 0.25) is 0 Å². The fourth-order valence-corrected chi connectivity index (χ4v) is 36.6. The topological polar surface area (TPSA) is 15.4 Å². The smallest absolute Gasteiger partial charge is 0.172 e. The summed E-state index contributed by atoms with van der Waals surface area (Å²) in [6, 6.07) is 0. The number of rotatable bonds is 2. The van der Waals surface area contributed by atoms with E-state index >= 15 is 0 Å². The Labute approximate surface area is 131 Å². The summed E-state index contributed by atoms with van der Waals surface area (Å²) in [5.74, 6) is 0. The summed E-state index contributed by atoms with van der Waals surface area (Å²) in [5, 5.41) is 0.742.